The largest absolute Gasteiger partial charge is 0.387 e. The maximum Gasteiger partial charge on any atom is 0.157 e. The summed E-state index contributed by atoms with van der Waals surface area (Å²) in [5.74, 6) is 5.00. The third-order valence-corrected chi connectivity index (χ3v) is 10.0. The van der Waals surface area contributed by atoms with Gasteiger partial charge < -0.3 is 9.84 Å². The molecule has 7 nitrogen and oxygen atoms in total. The first kappa shape index (κ1) is 21.7. The van der Waals surface area contributed by atoms with Gasteiger partial charge in [-0.15, -0.1) is 10.6 Å². The number of ketones is 1. The van der Waals surface area contributed by atoms with E-state index in [1.807, 2.05) is 11.9 Å². The highest BCUT2D eigenvalue weighted by Crippen LogP contribution is 2.64. The van der Waals surface area contributed by atoms with Crippen LogP contribution in [0.5, 0.6) is 0 Å². The standard InChI is InChI=1S/C24H40N4O3/c1-15-25-26-27-28(15)13-22(29)21-7-6-20-19-5-4-16-12-24(30,14-31-3)11-9-17(16)18(19)8-10-23(20,21)2/h16-21,26-27,30H,4-14H2,1-3H3/t16-,17+,18-,19-,20+,21-,23+,24-/m1/s1. The summed E-state index contributed by atoms with van der Waals surface area (Å²) in [4.78, 5) is 13.3. The van der Waals surface area contributed by atoms with Gasteiger partial charge in [0, 0.05) is 13.0 Å². The van der Waals surface area contributed by atoms with Gasteiger partial charge in [0.2, 0.25) is 0 Å². The van der Waals surface area contributed by atoms with Crippen molar-refractivity contribution in [1.29, 1.82) is 0 Å². The van der Waals surface area contributed by atoms with Gasteiger partial charge in [-0.2, -0.15) is 0 Å². The molecule has 0 aromatic heterocycles. The molecule has 0 radical (unpaired) electrons. The van der Waals surface area contributed by atoms with Crippen LogP contribution < -0.4 is 11.1 Å². The molecule has 3 N–H and O–H groups in total. The molecular formula is C24H40N4O3. The molecule has 4 saturated carbocycles. The molecular weight excluding hydrogens is 392 g/mol. The number of hydrogen-bond donors (Lipinski definition) is 3. The summed E-state index contributed by atoms with van der Waals surface area (Å²) in [5.41, 5.74) is 5.25. The van der Waals surface area contributed by atoms with Crippen molar-refractivity contribution in [3.05, 3.63) is 0 Å². The quantitative estimate of drug-likeness (QED) is 0.619. The lowest BCUT2D eigenvalue weighted by Crippen LogP contribution is -2.53. The van der Waals surface area contributed by atoms with Crippen molar-refractivity contribution in [2.45, 2.75) is 77.2 Å². The first-order valence-corrected chi connectivity index (χ1v) is 12.4. The molecule has 174 valence electrons. The third kappa shape index (κ3) is 3.61. The number of nitrogens with one attached hydrogen (secondary N) is 2. The maximum atomic E-state index is 13.3. The minimum atomic E-state index is -0.614. The topological polar surface area (TPSA) is 86.2 Å². The highest BCUT2D eigenvalue weighted by molar-refractivity contribution is 5.89. The van der Waals surface area contributed by atoms with Gasteiger partial charge in [-0.1, -0.05) is 6.92 Å². The number of ether oxygens (including phenoxy) is 1. The Morgan fingerprint density at radius 2 is 1.97 bits per heavy atom. The molecule has 0 bridgehead atoms. The van der Waals surface area contributed by atoms with E-state index < -0.39 is 5.60 Å². The predicted molar refractivity (Wildman–Crippen MR) is 119 cm³/mol. The smallest absolute Gasteiger partial charge is 0.157 e. The summed E-state index contributed by atoms with van der Waals surface area (Å²) < 4.78 is 5.33. The fraction of sp³-hybridized carbons (Fsp3) is 0.917. The molecule has 8 atom stereocenters. The summed E-state index contributed by atoms with van der Waals surface area (Å²) in [7, 11) is 1.70. The van der Waals surface area contributed by atoms with E-state index in [4.69, 9.17) is 4.74 Å². The molecule has 0 saturated heterocycles. The first-order valence-electron chi connectivity index (χ1n) is 12.4. The number of hydrogen-bond acceptors (Lipinski definition) is 7. The summed E-state index contributed by atoms with van der Waals surface area (Å²) in [6.07, 6.45) is 10.1. The van der Waals surface area contributed by atoms with Crippen LogP contribution in [0, 0.1) is 40.9 Å². The molecule has 0 spiro atoms. The average Bonchev–Trinajstić information content (AvgIpc) is 3.30. The molecule has 5 aliphatic rings. The molecule has 4 aliphatic carbocycles. The first-order chi connectivity index (χ1) is 14.8. The van der Waals surface area contributed by atoms with Crippen molar-refractivity contribution in [3.8, 4) is 0 Å². The van der Waals surface area contributed by atoms with Crippen molar-refractivity contribution in [2.24, 2.45) is 46.0 Å². The minimum absolute atomic E-state index is 0.148. The van der Waals surface area contributed by atoms with Crippen LogP contribution in [0.4, 0.5) is 0 Å². The van der Waals surface area contributed by atoms with Gasteiger partial charge in [-0.25, -0.2) is 5.53 Å². The average molecular weight is 433 g/mol. The molecule has 31 heavy (non-hydrogen) atoms. The van der Waals surface area contributed by atoms with E-state index >= 15 is 0 Å². The van der Waals surface area contributed by atoms with Crippen LogP contribution in [-0.4, -0.2) is 47.6 Å². The van der Waals surface area contributed by atoms with E-state index in [-0.39, 0.29) is 11.3 Å². The van der Waals surface area contributed by atoms with E-state index in [2.05, 4.69) is 23.1 Å². The Hall–Kier alpha value is -1.18. The Morgan fingerprint density at radius 3 is 2.71 bits per heavy atom. The molecule has 1 aliphatic heterocycles. The van der Waals surface area contributed by atoms with Crippen LogP contribution in [-0.2, 0) is 9.53 Å². The second-order valence-electron chi connectivity index (χ2n) is 11.4. The Bertz CT molecular complexity index is 744. The van der Waals surface area contributed by atoms with Gasteiger partial charge in [-0.05, 0) is 99.7 Å². The molecule has 7 heteroatoms. The van der Waals surface area contributed by atoms with E-state index in [0.29, 0.717) is 30.8 Å². The Balaban J connectivity index is 1.27. The van der Waals surface area contributed by atoms with Gasteiger partial charge in [0.05, 0.1) is 18.8 Å². The highest BCUT2D eigenvalue weighted by atomic mass is 16.5. The fourth-order valence-electron chi connectivity index (χ4n) is 8.62. The Kier molecular flexibility index (Phi) is 5.58. The number of hydrazone groups is 1. The zero-order valence-corrected chi connectivity index (χ0v) is 19.4. The van der Waals surface area contributed by atoms with Gasteiger partial charge in [0.15, 0.2) is 5.78 Å². The monoisotopic (exact) mass is 432 g/mol. The number of hydrazine groups is 2. The number of amidine groups is 1. The minimum Gasteiger partial charge on any atom is -0.387 e. The van der Waals surface area contributed by atoms with Crippen molar-refractivity contribution in [1.82, 2.24) is 16.1 Å². The van der Waals surface area contributed by atoms with Crippen molar-refractivity contribution in [3.63, 3.8) is 0 Å². The Labute approximate surface area is 186 Å². The van der Waals surface area contributed by atoms with Crippen LogP contribution in [0.1, 0.15) is 71.6 Å². The third-order valence-electron chi connectivity index (χ3n) is 10.0. The molecule has 0 aromatic carbocycles. The van der Waals surface area contributed by atoms with Crippen molar-refractivity contribution < 1.29 is 14.6 Å². The predicted octanol–water partition coefficient (Wildman–Crippen LogP) is 2.86. The van der Waals surface area contributed by atoms with Gasteiger partial charge >= 0.3 is 0 Å². The fourth-order valence-corrected chi connectivity index (χ4v) is 8.62. The highest BCUT2D eigenvalue weighted by Gasteiger charge is 2.59. The molecule has 4 fully saturated rings. The second kappa shape index (κ2) is 7.99. The maximum absolute atomic E-state index is 13.3. The number of carbonyl (C=O) groups excluding carboxylic acids is 1. The molecule has 0 unspecified atom stereocenters. The molecule has 0 aromatic rings. The molecule has 1 heterocycles. The van der Waals surface area contributed by atoms with Crippen LogP contribution in [0.2, 0.25) is 0 Å². The zero-order valence-electron chi connectivity index (χ0n) is 19.4. The summed E-state index contributed by atoms with van der Waals surface area (Å²) in [5, 5.41) is 16.9. The van der Waals surface area contributed by atoms with Crippen LogP contribution in [0.15, 0.2) is 5.10 Å². The number of rotatable bonds is 5. The van der Waals surface area contributed by atoms with Gasteiger partial charge in [0.25, 0.3) is 0 Å². The summed E-state index contributed by atoms with van der Waals surface area (Å²) in [6, 6.07) is 0. The number of aliphatic hydroxyl groups is 1. The van der Waals surface area contributed by atoms with Crippen LogP contribution in [0.3, 0.4) is 0 Å². The SMILES string of the molecule is COC[C@@]1(O)CC[C@H]2[C@H](CC[C@@H]3[C@@H]2CC[C@]2(C)[C@@H](C(=O)CN4NNN=C4C)CC[C@@H]32)C1. The molecule has 5 rings (SSSR count). The van der Waals surface area contributed by atoms with Gasteiger partial charge in [-0.3, -0.25) is 9.80 Å². The van der Waals surface area contributed by atoms with E-state index in [0.717, 1.165) is 49.3 Å². The lowest BCUT2D eigenvalue weighted by molar-refractivity contribution is -0.136. The summed E-state index contributed by atoms with van der Waals surface area (Å²) in [6.45, 7) is 5.21. The van der Waals surface area contributed by atoms with E-state index in [1.165, 1.54) is 32.1 Å². The van der Waals surface area contributed by atoms with Gasteiger partial charge in [0.1, 0.15) is 5.84 Å². The van der Waals surface area contributed by atoms with E-state index in [1.54, 1.807) is 7.11 Å². The Morgan fingerprint density at radius 1 is 1.16 bits per heavy atom. The number of methoxy groups -OCH3 is 1. The zero-order chi connectivity index (χ0) is 21.8. The lowest BCUT2D eigenvalue weighted by Gasteiger charge is -2.57. The van der Waals surface area contributed by atoms with Crippen molar-refractivity contribution >= 4 is 11.6 Å². The summed E-state index contributed by atoms with van der Waals surface area (Å²) >= 11 is 0. The number of carbonyl (C=O) groups is 1. The second-order valence-corrected chi connectivity index (χ2v) is 11.4. The normalized spacial score (nSPS) is 46.6. The van der Waals surface area contributed by atoms with Crippen LogP contribution >= 0.6 is 0 Å². The lowest BCUT2D eigenvalue weighted by atomic mass is 9.49. The van der Waals surface area contributed by atoms with Crippen molar-refractivity contribution in [2.75, 3.05) is 20.3 Å². The number of Topliss-reactive ketones (excluding diaryl/α,β-unsaturated/α-hetero) is 1. The van der Waals surface area contributed by atoms with E-state index in [9.17, 15) is 9.90 Å². The van der Waals surface area contributed by atoms with Crippen LogP contribution in [0.25, 0.3) is 0 Å². The molecule has 0 amide bonds. The number of nitrogens with zero attached hydrogens (tertiary/aromatic N) is 2. The number of fused-ring (bicyclic) bond motifs is 5.